The minimum atomic E-state index is -0.822. The van der Waals surface area contributed by atoms with Gasteiger partial charge in [-0.2, -0.15) is 0 Å². The molecule has 6 aliphatic rings. The number of methoxy groups -OCH3 is 1. The molecule has 7 rings (SSSR count). The second-order valence-corrected chi connectivity index (χ2v) is 12.2. The van der Waals surface area contributed by atoms with Gasteiger partial charge in [0, 0.05) is 30.0 Å². The molecule has 5 heteroatoms. The van der Waals surface area contributed by atoms with Crippen molar-refractivity contribution in [1.82, 2.24) is 4.90 Å². The number of fused-ring (bicyclic) bond motifs is 1. The zero-order valence-electron chi connectivity index (χ0n) is 22.2. The Bertz CT molecular complexity index is 1040. The van der Waals surface area contributed by atoms with Gasteiger partial charge in [-0.05, 0) is 64.3 Å². The molecule has 4 aliphatic carbocycles. The van der Waals surface area contributed by atoms with Crippen LogP contribution in [0.1, 0.15) is 76.8 Å². The van der Waals surface area contributed by atoms with Gasteiger partial charge in [0.05, 0.1) is 17.6 Å². The van der Waals surface area contributed by atoms with Crippen LogP contribution < -0.4 is 9.47 Å². The summed E-state index contributed by atoms with van der Waals surface area (Å²) in [7, 11) is 4.11. The van der Waals surface area contributed by atoms with E-state index in [1.54, 1.807) is 0 Å². The van der Waals surface area contributed by atoms with Gasteiger partial charge >= 0.3 is 0 Å². The van der Waals surface area contributed by atoms with E-state index >= 15 is 0 Å². The van der Waals surface area contributed by atoms with Crippen LogP contribution in [0, 0.1) is 11.3 Å². The number of hydrogen-bond donors (Lipinski definition) is 1. The summed E-state index contributed by atoms with van der Waals surface area (Å²) in [6.07, 6.45) is 12.6. The summed E-state index contributed by atoms with van der Waals surface area (Å²) in [5.74, 6) is 1.81. The fourth-order valence-electron chi connectivity index (χ4n) is 8.90. The van der Waals surface area contributed by atoms with E-state index in [9.17, 15) is 5.11 Å². The molecule has 1 aromatic rings. The van der Waals surface area contributed by atoms with Crippen LogP contribution in [-0.4, -0.2) is 60.7 Å². The highest BCUT2D eigenvalue weighted by Crippen LogP contribution is 2.75. The first kappa shape index (κ1) is 23.8. The minimum absolute atomic E-state index is 0.0241. The van der Waals surface area contributed by atoms with Gasteiger partial charge in [-0.3, -0.25) is 0 Å². The molecule has 1 aromatic carbocycles. The van der Waals surface area contributed by atoms with Crippen molar-refractivity contribution >= 4 is 0 Å². The maximum absolute atomic E-state index is 12.0. The summed E-state index contributed by atoms with van der Waals surface area (Å²) in [6, 6.07) is 4.82. The van der Waals surface area contributed by atoms with Crippen LogP contribution in [0.15, 0.2) is 24.3 Å². The van der Waals surface area contributed by atoms with Gasteiger partial charge in [0.25, 0.3) is 0 Å². The Morgan fingerprint density at radius 3 is 2.74 bits per heavy atom. The standard InChI is InChI=1S/C30H43NO4/c1-6-8-12-27(3,32)22-19-28-13-14-30(22,33-5)26-29(28)15-16-31(4)23(28)18-20-10-11-21(34-17-9-7-2)25(35-26)24(20)29/h10-11,13-14,22-23,26,32H,6-9,12,15-19H2,1-5H3/t22-,23-,26-,27-,28?,29+,30+/m1/s1. The first-order valence-electron chi connectivity index (χ1n) is 13.9. The number of rotatable bonds is 9. The molecule has 0 radical (unpaired) electrons. The number of likely N-dealkylation sites (N-methyl/N-ethyl adjacent to an activating group) is 1. The number of piperidine rings is 1. The highest BCUT2D eigenvalue weighted by molar-refractivity contribution is 5.65. The van der Waals surface area contributed by atoms with E-state index in [0.29, 0.717) is 12.6 Å². The van der Waals surface area contributed by atoms with Crippen molar-refractivity contribution in [2.45, 2.75) is 101 Å². The predicted octanol–water partition coefficient (Wildman–Crippen LogP) is 5.03. The molecule has 2 heterocycles. The van der Waals surface area contributed by atoms with Crippen molar-refractivity contribution in [3.63, 3.8) is 0 Å². The molecular formula is C30H43NO4. The Labute approximate surface area is 210 Å². The maximum Gasteiger partial charge on any atom is 0.166 e. The normalized spacial score (nSPS) is 39.8. The molecule has 4 bridgehead atoms. The summed E-state index contributed by atoms with van der Waals surface area (Å²) < 4.78 is 19.9. The van der Waals surface area contributed by atoms with Gasteiger partial charge in [-0.25, -0.2) is 0 Å². The maximum atomic E-state index is 12.0. The Kier molecular flexibility index (Phi) is 5.42. The third kappa shape index (κ3) is 2.81. The monoisotopic (exact) mass is 481 g/mol. The Balaban J connectivity index is 1.55. The van der Waals surface area contributed by atoms with Gasteiger partial charge in [0.15, 0.2) is 11.5 Å². The second kappa shape index (κ2) is 7.97. The number of hydrogen-bond acceptors (Lipinski definition) is 5. The van der Waals surface area contributed by atoms with Crippen LogP contribution in [-0.2, 0) is 16.6 Å². The molecule has 1 unspecified atom stereocenters. The molecule has 7 atom stereocenters. The Morgan fingerprint density at radius 2 is 2.00 bits per heavy atom. The fourth-order valence-corrected chi connectivity index (χ4v) is 8.90. The lowest BCUT2D eigenvalue weighted by molar-refractivity contribution is -0.247. The minimum Gasteiger partial charge on any atom is -0.490 e. The summed E-state index contributed by atoms with van der Waals surface area (Å²) >= 11 is 0. The van der Waals surface area contributed by atoms with Crippen molar-refractivity contribution in [2.24, 2.45) is 11.3 Å². The molecule has 35 heavy (non-hydrogen) atoms. The van der Waals surface area contributed by atoms with E-state index in [1.165, 1.54) is 11.1 Å². The van der Waals surface area contributed by atoms with Crippen LogP contribution >= 0.6 is 0 Å². The van der Waals surface area contributed by atoms with E-state index in [2.05, 4.69) is 50.1 Å². The molecule has 2 fully saturated rings. The summed E-state index contributed by atoms with van der Waals surface area (Å²) in [6.45, 7) is 8.19. The molecule has 1 saturated heterocycles. The van der Waals surface area contributed by atoms with Crippen molar-refractivity contribution < 1.29 is 19.3 Å². The zero-order valence-corrected chi connectivity index (χ0v) is 22.2. The van der Waals surface area contributed by atoms with E-state index in [4.69, 9.17) is 14.2 Å². The van der Waals surface area contributed by atoms with Crippen LogP contribution in [0.2, 0.25) is 0 Å². The second-order valence-electron chi connectivity index (χ2n) is 12.2. The first-order chi connectivity index (χ1) is 16.8. The average molecular weight is 482 g/mol. The van der Waals surface area contributed by atoms with Crippen LogP contribution in [0.5, 0.6) is 11.5 Å². The van der Waals surface area contributed by atoms with E-state index in [0.717, 1.165) is 69.4 Å². The lowest BCUT2D eigenvalue weighted by Crippen LogP contribution is -2.80. The molecule has 1 saturated carbocycles. The lowest BCUT2D eigenvalue weighted by atomic mass is 9.36. The van der Waals surface area contributed by atoms with Gasteiger partial charge in [-0.1, -0.05) is 51.3 Å². The first-order valence-corrected chi connectivity index (χ1v) is 13.9. The van der Waals surface area contributed by atoms with Gasteiger partial charge in [0.1, 0.15) is 11.7 Å². The number of unbranched alkanes of at least 4 members (excludes halogenated alkanes) is 2. The number of ether oxygens (including phenoxy) is 3. The Morgan fingerprint density at radius 1 is 1.20 bits per heavy atom. The van der Waals surface area contributed by atoms with Crippen molar-refractivity contribution in [2.75, 3.05) is 27.3 Å². The third-order valence-corrected chi connectivity index (χ3v) is 10.6. The molecule has 2 aliphatic heterocycles. The summed E-state index contributed by atoms with van der Waals surface area (Å²) in [5.41, 5.74) is 1.10. The highest BCUT2D eigenvalue weighted by Gasteiger charge is 2.80. The van der Waals surface area contributed by atoms with E-state index in [-0.39, 0.29) is 22.9 Å². The SMILES string of the molecule is CCCCOc1ccc2c3c1O[C@H]1[C@]4(OC)C=CC5(C[C@@H]4[C@](C)(O)CCCC)[C@@H](C2)N(C)CC[C@]315. The molecule has 1 N–H and O–H groups in total. The molecule has 5 nitrogen and oxygen atoms in total. The van der Waals surface area contributed by atoms with Crippen LogP contribution in [0.25, 0.3) is 0 Å². The molecule has 2 spiro atoms. The smallest absolute Gasteiger partial charge is 0.166 e. The molecule has 0 amide bonds. The van der Waals surface area contributed by atoms with E-state index in [1.807, 2.05) is 14.0 Å². The van der Waals surface area contributed by atoms with Crippen LogP contribution in [0.4, 0.5) is 0 Å². The van der Waals surface area contributed by atoms with Crippen molar-refractivity contribution in [1.29, 1.82) is 0 Å². The molecule has 192 valence electrons. The zero-order chi connectivity index (χ0) is 24.6. The van der Waals surface area contributed by atoms with Crippen LogP contribution in [0.3, 0.4) is 0 Å². The number of nitrogens with zero attached hydrogens (tertiary/aromatic N) is 1. The lowest BCUT2D eigenvalue weighted by Gasteiger charge is -2.72. The third-order valence-electron chi connectivity index (χ3n) is 10.6. The quantitative estimate of drug-likeness (QED) is 0.396. The molecule has 0 aromatic heterocycles. The summed E-state index contributed by atoms with van der Waals surface area (Å²) in [5, 5.41) is 12.0. The largest absolute Gasteiger partial charge is 0.490 e. The van der Waals surface area contributed by atoms with Gasteiger partial charge in [0.2, 0.25) is 0 Å². The molecular weight excluding hydrogens is 438 g/mol. The van der Waals surface area contributed by atoms with Crippen molar-refractivity contribution in [3.05, 3.63) is 35.4 Å². The van der Waals surface area contributed by atoms with E-state index < -0.39 is 11.2 Å². The Hall–Kier alpha value is -1.56. The topological polar surface area (TPSA) is 51.2 Å². The average Bonchev–Trinajstić information content (AvgIpc) is 3.23. The number of likely N-dealkylation sites (tertiary alicyclic amines) is 1. The van der Waals surface area contributed by atoms with Gasteiger partial charge < -0.3 is 24.2 Å². The van der Waals surface area contributed by atoms with Gasteiger partial charge in [-0.15, -0.1) is 0 Å². The highest BCUT2D eigenvalue weighted by atomic mass is 16.6. The summed E-state index contributed by atoms with van der Waals surface area (Å²) in [4.78, 5) is 2.57. The number of benzene rings is 1. The van der Waals surface area contributed by atoms with Crippen molar-refractivity contribution in [3.8, 4) is 11.5 Å². The predicted molar refractivity (Wildman–Crippen MR) is 137 cm³/mol. The fraction of sp³-hybridized carbons (Fsp3) is 0.733. The number of aliphatic hydroxyl groups is 1.